The van der Waals surface area contributed by atoms with Crippen LogP contribution in [0, 0.1) is 13.8 Å². The zero-order valence-electron chi connectivity index (χ0n) is 18.8. The molecule has 0 saturated carbocycles. The second-order valence-electron chi connectivity index (χ2n) is 7.92. The van der Waals surface area contributed by atoms with E-state index in [1.54, 1.807) is 35.8 Å². The lowest BCUT2D eigenvalue weighted by molar-refractivity contribution is -0.132. The summed E-state index contributed by atoms with van der Waals surface area (Å²) in [6.07, 6.45) is 3.42. The van der Waals surface area contributed by atoms with Crippen LogP contribution in [0.25, 0.3) is 11.4 Å². The number of aliphatic hydroxyl groups excluding tert-OH is 1. The maximum atomic E-state index is 13.3. The lowest BCUT2D eigenvalue weighted by Gasteiger charge is -2.23. The Bertz CT molecular complexity index is 1440. The van der Waals surface area contributed by atoms with Crippen LogP contribution in [0.1, 0.15) is 35.5 Å². The van der Waals surface area contributed by atoms with Gasteiger partial charge in [-0.3, -0.25) is 14.5 Å². The smallest absolute Gasteiger partial charge is 0.301 e. The van der Waals surface area contributed by atoms with Crippen LogP contribution in [-0.2, 0) is 9.59 Å². The second-order valence-corrected chi connectivity index (χ2v) is 8.79. The first-order valence-electron chi connectivity index (χ1n) is 10.8. The van der Waals surface area contributed by atoms with Gasteiger partial charge >= 0.3 is 5.91 Å². The molecule has 1 aliphatic rings. The van der Waals surface area contributed by atoms with E-state index in [1.165, 1.54) is 16.2 Å². The van der Waals surface area contributed by atoms with Gasteiger partial charge in [0.05, 0.1) is 23.9 Å². The van der Waals surface area contributed by atoms with Crippen LogP contribution in [-0.4, -0.2) is 37.8 Å². The van der Waals surface area contributed by atoms with Crippen molar-refractivity contribution in [1.82, 2.24) is 14.4 Å². The number of carbonyl (C=O) groups excluding carboxylic acids is 2. The van der Waals surface area contributed by atoms with E-state index in [1.807, 2.05) is 43.5 Å². The number of nitrogens with zero attached hydrogens (tertiary/aromatic N) is 4. The molecule has 1 atom stereocenters. The highest BCUT2D eigenvalue weighted by Gasteiger charge is 2.48. The average Bonchev–Trinajstić information content (AvgIpc) is 3.53. The summed E-state index contributed by atoms with van der Waals surface area (Å²) in [5.74, 6) is -1.16. The van der Waals surface area contributed by atoms with Gasteiger partial charge in [0.1, 0.15) is 17.1 Å². The molecule has 4 aromatic rings. The predicted octanol–water partition coefficient (Wildman–Crippen LogP) is 4.43. The van der Waals surface area contributed by atoms with Crippen molar-refractivity contribution < 1.29 is 19.4 Å². The Kier molecular flexibility index (Phi) is 5.41. The lowest BCUT2D eigenvalue weighted by Crippen LogP contribution is -2.29. The van der Waals surface area contributed by atoms with E-state index < -0.39 is 17.7 Å². The van der Waals surface area contributed by atoms with Crippen LogP contribution in [0.5, 0.6) is 5.75 Å². The van der Waals surface area contributed by atoms with E-state index in [2.05, 4.69) is 9.97 Å². The fourth-order valence-electron chi connectivity index (χ4n) is 4.27. The molecular formula is C25H22N4O4S. The van der Waals surface area contributed by atoms with E-state index in [-0.39, 0.29) is 17.0 Å². The van der Waals surface area contributed by atoms with E-state index in [9.17, 15) is 14.7 Å². The molecule has 1 aliphatic heterocycles. The number of carbonyl (C=O) groups is 2. The fourth-order valence-corrected chi connectivity index (χ4v) is 4.93. The number of Topliss-reactive ketones (excluding diaryl/α,β-unsaturated/α-hetero) is 1. The summed E-state index contributed by atoms with van der Waals surface area (Å²) < 4.78 is 7.39. The summed E-state index contributed by atoms with van der Waals surface area (Å²) in [7, 11) is 0. The van der Waals surface area contributed by atoms with Gasteiger partial charge in [-0.05, 0) is 50.1 Å². The van der Waals surface area contributed by atoms with Gasteiger partial charge in [-0.1, -0.05) is 18.2 Å². The summed E-state index contributed by atoms with van der Waals surface area (Å²) in [4.78, 5) is 36.6. The molecule has 3 aromatic heterocycles. The van der Waals surface area contributed by atoms with E-state index >= 15 is 0 Å². The van der Waals surface area contributed by atoms with Gasteiger partial charge in [-0.15, -0.1) is 11.3 Å². The number of hydrogen-bond acceptors (Lipinski definition) is 7. The average molecular weight is 475 g/mol. The SMILES string of the molecule is CCOc1ccc(C2/C(=C(\O)c3nc4c(C)cccn4c3C)C(=O)C(=O)N2c2nccs2)cc1. The van der Waals surface area contributed by atoms with Gasteiger partial charge in [0.25, 0.3) is 5.78 Å². The van der Waals surface area contributed by atoms with Crippen molar-refractivity contribution in [3.05, 3.63) is 82.3 Å². The summed E-state index contributed by atoms with van der Waals surface area (Å²) in [5.41, 5.74) is 3.17. The van der Waals surface area contributed by atoms with Crippen molar-refractivity contribution in [2.75, 3.05) is 11.5 Å². The van der Waals surface area contributed by atoms with Crippen LogP contribution >= 0.6 is 11.3 Å². The number of thiazole rings is 1. The molecule has 1 aromatic carbocycles. The Balaban J connectivity index is 1.73. The molecule has 4 heterocycles. The Hall–Kier alpha value is -3.98. The number of aryl methyl sites for hydroxylation is 2. The number of fused-ring (bicyclic) bond motifs is 1. The van der Waals surface area contributed by atoms with Crippen molar-refractivity contribution in [2.24, 2.45) is 0 Å². The largest absolute Gasteiger partial charge is 0.505 e. The number of ether oxygens (including phenoxy) is 1. The number of aromatic nitrogens is 3. The minimum absolute atomic E-state index is 0.0199. The lowest BCUT2D eigenvalue weighted by atomic mass is 9.96. The summed E-state index contributed by atoms with van der Waals surface area (Å²) in [6.45, 7) is 6.15. The quantitative estimate of drug-likeness (QED) is 0.261. The molecule has 9 heteroatoms. The third kappa shape index (κ3) is 3.36. The molecule has 172 valence electrons. The van der Waals surface area contributed by atoms with E-state index in [0.29, 0.717) is 34.4 Å². The minimum Gasteiger partial charge on any atom is -0.505 e. The molecule has 1 fully saturated rings. The van der Waals surface area contributed by atoms with Crippen molar-refractivity contribution >= 4 is 39.6 Å². The van der Waals surface area contributed by atoms with Crippen molar-refractivity contribution in [1.29, 1.82) is 0 Å². The number of benzene rings is 1. The topological polar surface area (TPSA) is 97.0 Å². The third-order valence-corrected chi connectivity index (χ3v) is 6.66. The van der Waals surface area contributed by atoms with E-state index in [0.717, 1.165) is 5.56 Å². The zero-order valence-corrected chi connectivity index (χ0v) is 19.7. The molecule has 1 N–H and O–H groups in total. The van der Waals surface area contributed by atoms with Crippen molar-refractivity contribution in [2.45, 2.75) is 26.8 Å². The van der Waals surface area contributed by atoms with Crippen LogP contribution in [0.4, 0.5) is 5.13 Å². The third-order valence-electron chi connectivity index (χ3n) is 5.88. The summed E-state index contributed by atoms with van der Waals surface area (Å²) >= 11 is 1.25. The maximum Gasteiger partial charge on any atom is 0.301 e. The monoisotopic (exact) mass is 474 g/mol. The highest BCUT2D eigenvalue weighted by atomic mass is 32.1. The number of anilines is 1. The van der Waals surface area contributed by atoms with Crippen LogP contribution in [0.3, 0.4) is 0 Å². The Morgan fingerprint density at radius 3 is 2.59 bits per heavy atom. The van der Waals surface area contributed by atoms with Gasteiger partial charge in [0.15, 0.2) is 10.9 Å². The summed E-state index contributed by atoms with van der Waals surface area (Å²) in [5, 5.41) is 13.5. The van der Waals surface area contributed by atoms with Gasteiger partial charge in [0.2, 0.25) is 0 Å². The number of ketones is 1. The first-order chi connectivity index (χ1) is 16.4. The van der Waals surface area contributed by atoms with Crippen molar-refractivity contribution in [3.8, 4) is 5.75 Å². The number of imidazole rings is 1. The van der Waals surface area contributed by atoms with Gasteiger partial charge < -0.3 is 14.2 Å². The molecule has 1 amide bonds. The number of pyridine rings is 1. The Morgan fingerprint density at radius 2 is 1.94 bits per heavy atom. The Morgan fingerprint density at radius 1 is 1.18 bits per heavy atom. The molecular weight excluding hydrogens is 452 g/mol. The number of amides is 1. The van der Waals surface area contributed by atoms with Gasteiger partial charge in [-0.25, -0.2) is 9.97 Å². The first-order valence-corrected chi connectivity index (χ1v) is 11.7. The van der Waals surface area contributed by atoms with E-state index in [4.69, 9.17) is 4.74 Å². The van der Waals surface area contributed by atoms with Gasteiger partial charge in [-0.2, -0.15) is 0 Å². The Labute approximate surface area is 199 Å². The van der Waals surface area contributed by atoms with Crippen LogP contribution < -0.4 is 9.64 Å². The number of rotatable bonds is 5. The highest BCUT2D eigenvalue weighted by molar-refractivity contribution is 7.14. The normalized spacial score (nSPS) is 17.6. The first kappa shape index (κ1) is 21.8. The second kappa shape index (κ2) is 8.42. The molecule has 34 heavy (non-hydrogen) atoms. The molecule has 0 radical (unpaired) electrons. The summed E-state index contributed by atoms with van der Waals surface area (Å²) in [6, 6.07) is 10.1. The highest BCUT2D eigenvalue weighted by Crippen LogP contribution is 2.43. The number of hydrogen-bond donors (Lipinski definition) is 1. The maximum absolute atomic E-state index is 13.3. The predicted molar refractivity (Wildman–Crippen MR) is 129 cm³/mol. The molecule has 0 bridgehead atoms. The standard InChI is InChI=1S/C25H22N4O4S/c1-4-33-17-9-7-16(8-10-17)20-18(22(31)24(32)29(20)25-26-11-13-34-25)21(30)19-15(3)28-12-5-6-14(2)23(28)27-19/h5-13,20,30H,4H2,1-3H3/b21-18+. The molecule has 0 aliphatic carbocycles. The van der Waals surface area contributed by atoms with Crippen molar-refractivity contribution in [3.63, 3.8) is 0 Å². The van der Waals surface area contributed by atoms with Gasteiger partial charge in [0, 0.05) is 17.8 Å². The molecule has 1 saturated heterocycles. The molecule has 8 nitrogen and oxygen atoms in total. The fraction of sp³-hybridized carbons (Fsp3) is 0.200. The number of aliphatic hydroxyl groups is 1. The minimum atomic E-state index is -0.855. The van der Waals surface area contributed by atoms with Crippen LogP contribution in [0.15, 0.2) is 59.7 Å². The van der Waals surface area contributed by atoms with Crippen LogP contribution in [0.2, 0.25) is 0 Å². The molecule has 0 spiro atoms. The molecule has 5 rings (SSSR count). The zero-order chi connectivity index (χ0) is 24.0. The molecule has 1 unspecified atom stereocenters.